The predicted octanol–water partition coefficient (Wildman–Crippen LogP) is 1.64. The van der Waals surface area contributed by atoms with Crippen LogP contribution in [0.2, 0.25) is 5.15 Å². The predicted molar refractivity (Wildman–Crippen MR) is 65.8 cm³/mol. The number of aliphatic hydroxyl groups is 1. The highest BCUT2D eigenvalue weighted by Crippen LogP contribution is 2.21. The first kappa shape index (κ1) is 13.7. The van der Waals surface area contributed by atoms with E-state index in [0.717, 1.165) is 6.42 Å². The second kappa shape index (κ2) is 6.42. The van der Waals surface area contributed by atoms with Gasteiger partial charge in [0.25, 0.3) is 0 Å². The first-order valence-electron chi connectivity index (χ1n) is 5.35. The van der Waals surface area contributed by atoms with Gasteiger partial charge in [-0.15, -0.1) is 0 Å². The summed E-state index contributed by atoms with van der Waals surface area (Å²) < 4.78 is 0. The molecule has 0 aliphatic heterocycles. The topological polar surface area (TPSA) is 73.7 Å². The summed E-state index contributed by atoms with van der Waals surface area (Å²) in [7, 11) is 0. The standard InChI is InChI=1S/C11H15ClN2O3/c1-2-5-14(6-7-15)10-8(11(16)17)3-4-9(12)13-10/h3-4,15H,2,5-7H2,1H3,(H,16,17). The highest BCUT2D eigenvalue weighted by Gasteiger charge is 2.17. The van der Waals surface area contributed by atoms with Crippen molar-refractivity contribution >= 4 is 23.4 Å². The first-order chi connectivity index (χ1) is 8.10. The van der Waals surface area contributed by atoms with E-state index in [1.807, 2.05) is 6.92 Å². The Bertz CT molecular complexity index is 392. The average Bonchev–Trinajstić information content (AvgIpc) is 2.28. The maximum Gasteiger partial charge on any atom is 0.339 e. The van der Waals surface area contributed by atoms with Gasteiger partial charge in [0.1, 0.15) is 16.5 Å². The molecule has 0 fully saturated rings. The van der Waals surface area contributed by atoms with Gasteiger partial charge >= 0.3 is 5.97 Å². The molecule has 6 heteroatoms. The van der Waals surface area contributed by atoms with Crippen LogP contribution in [-0.4, -0.2) is 40.9 Å². The fourth-order valence-corrected chi connectivity index (χ4v) is 1.69. The number of carboxylic acids is 1. The van der Waals surface area contributed by atoms with Crippen LogP contribution in [0.4, 0.5) is 5.82 Å². The van der Waals surface area contributed by atoms with Crippen LogP contribution in [0.5, 0.6) is 0 Å². The van der Waals surface area contributed by atoms with Crippen LogP contribution >= 0.6 is 11.6 Å². The zero-order valence-corrected chi connectivity index (χ0v) is 10.3. The first-order valence-corrected chi connectivity index (χ1v) is 5.73. The SMILES string of the molecule is CCCN(CCO)c1nc(Cl)ccc1C(=O)O. The smallest absolute Gasteiger partial charge is 0.339 e. The number of aromatic nitrogens is 1. The monoisotopic (exact) mass is 258 g/mol. The fourth-order valence-electron chi connectivity index (χ4n) is 1.55. The van der Waals surface area contributed by atoms with Crippen molar-refractivity contribution in [2.45, 2.75) is 13.3 Å². The molecule has 0 aromatic carbocycles. The highest BCUT2D eigenvalue weighted by molar-refractivity contribution is 6.29. The van der Waals surface area contributed by atoms with E-state index in [0.29, 0.717) is 18.9 Å². The van der Waals surface area contributed by atoms with Crippen LogP contribution in [0.1, 0.15) is 23.7 Å². The summed E-state index contributed by atoms with van der Waals surface area (Å²) in [4.78, 5) is 16.8. The molecule has 0 radical (unpaired) electrons. The normalized spacial score (nSPS) is 10.3. The molecule has 0 amide bonds. The molecule has 1 aromatic rings. The Morgan fingerprint density at radius 2 is 2.18 bits per heavy atom. The lowest BCUT2D eigenvalue weighted by Crippen LogP contribution is -2.30. The number of hydrogen-bond donors (Lipinski definition) is 2. The van der Waals surface area contributed by atoms with E-state index >= 15 is 0 Å². The van der Waals surface area contributed by atoms with E-state index in [1.165, 1.54) is 12.1 Å². The third kappa shape index (κ3) is 3.57. The van der Waals surface area contributed by atoms with E-state index in [-0.39, 0.29) is 17.3 Å². The van der Waals surface area contributed by atoms with E-state index in [1.54, 1.807) is 4.90 Å². The number of carbonyl (C=O) groups is 1. The number of aromatic carboxylic acids is 1. The van der Waals surface area contributed by atoms with Gasteiger partial charge in [0.05, 0.1) is 6.61 Å². The average molecular weight is 259 g/mol. The summed E-state index contributed by atoms with van der Waals surface area (Å²) in [6.07, 6.45) is 0.827. The molecule has 0 saturated heterocycles. The molecule has 0 unspecified atom stereocenters. The second-order valence-electron chi connectivity index (χ2n) is 3.52. The summed E-state index contributed by atoms with van der Waals surface area (Å²) in [6, 6.07) is 2.87. The van der Waals surface area contributed by atoms with Gasteiger partial charge in [-0.1, -0.05) is 18.5 Å². The maximum atomic E-state index is 11.1. The number of pyridine rings is 1. The summed E-state index contributed by atoms with van der Waals surface area (Å²) in [5.41, 5.74) is 0.0938. The Kier molecular flexibility index (Phi) is 5.18. The van der Waals surface area contributed by atoms with Crippen LogP contribution in [-0.2, 0) is 0 Å². The Balaban J connectivity index is 3.14. The number of anilines is 1. The number of aliphatic hydroxyl groups excluding tert-OH is 1. The minimum absolute atomic E-state index is 0.0622. The molecule has 0 aliphatic carbocycles. The zero-order valence-electron chi connectivity index (χ0n) is 9.56. The van der Waals surface area contributed by atoms with Crippen LogP contribution in [0.15, 0.2) is 12.1 Å². The molecule has 5 nitrogen and oxygen atoms in total. The quantitative estimate of drug-likeness (QED) is 0.759. The Hall–Kier alpha value is -1.33. The number of rotatable bonds is 6. The third-order valence-corrected chi connectivity index (χ3v) is 2.45. The van der Waals surface area contributed by atoms with Crippen molar-refractivity contribution in [2.24, 2.45) is 0 Å². The van der Waals surface area contributed by atoms with Crippen LogP contribution in [0.3, 0.4) is 0 Å². The fraction of sp³-hybridized carbons (Fsp3) is 0.455. The van der Waals surface area contributed by atoms with Gasteiger partial charge in [-0.2, -0.15) is 0 Å². The van der Waals surface area contributed by atoms with Crippen molar-refractivity contribution in [1.29, 1.82) is 0 Å². The molecule has 1 rings (SSSR count). The van der Waals surface area contributed by atoms with Crippen molar-refractivity contribution in [3.8, 4) is 0 Å². The maximum absolute atomic E-state index is 11.1. The van der Waals surface area contributed by atoms with Gasteiger partial charge in [0.2, 0.25) is 0 Å². The van der Waals surface area contributed by atoms with Gasteiger partial charge in [-0.3, -0.25) is 0 Å². The van der Waals surface area contributed by atoms with Crippen molar-refractivity contribution in [1.82, 2.24) is 4.98 Å². The Morgan fingerprint density at radius 3 is 2.71 bits per heavy atom. The highest BCUT2D eigenvalue weighted by atomic mass is 35.5. The number of carboxylic acid groups (broad SMARTS) is 1. The molecule has 17 heavy (non-hydrogen) atoms. The molecule has 2 N–H and O–H groups in total. The summed E-state index contributed by atoms with van der Waals surface area (Å²) in [5.74, 6) is -0.746. The molecule has 0 atom stereocenters. The van der Waals surface area contributed by atoms with Crippen molar-refractivity contribution in [3.63, 3.8) is 0 Å². The second-order valence-corrected chi connectivity index (χ2v) is 3.91. The van der Waals surface area contributed by atoms with Gasteiger partial charge in [0, 0.05) is 13.1 Å². The minimum atomic E-state index is -1.05. The van der Waals surface area contributed by atoms with E-state index in [2.05, 4.69) is 4.98 Å². The van der Waals surface area contributed by atoms with Crippen molar-refractivity contribution in [2.75, 3.05) is 24.6 Å². The summed E-state index contributed by atoms with van der Waals surface area (Å²) in [6.45, 7) is 2.86. The zero-order chi connectivity index (χ0) is 12.8. The van der Waals surface area contributed by atoms with Gasteiger partial charge in [-0.05, 0) is 18.6 Å². The third-order valence-electron chi connectivity index (χ3n) is 2.23. The van der Waals surface area contributed by atoms with E-state index in [9.17, 15) is 4.79 Å². The number of halogens is 1. The minimum Gasteiger partial charge on any atom is -0.478 e. The largest absolute Gasteiger partial charge is 0.478 e. The molecule has 1 heterocycles. The lowest BCUT2D eigenvalue weighted by molar-refractivity contribution is 0.0697. The Labute approximate surface area is 105 Å². The lowest BCUT2D eigenvalue weighted by Gasteiger charge is -2.23. The van der Waals surface area contributed by atoms with Crippen molar-refractivity contribution < 1.29 is 15.0 Å². The van der Waals surface area contributed by atoms with Gasteiger partial charge in [0.15, 0.2) is 0 Å². The number of nitrogens with zero attached hydrogens (tertiary/aromatic N) is 2. The summed E-state index contributed by atoms with van der Waals surface area (Å²) in [5, 5.41) is 18.3. The Morgan fingerprint density at radius 1 is 1.47 bits per heavy atom. The molecular weight excluding hydrogens is 244 g/mol. The molecular formula is C11H15ClN2O3. The molecule has 1 aromatic heterocycles. The lowest BCUT2D eigenvalue weighted by atomic mass is 10.2. The van der Waals surface area contributed by atoms with Gasteiger partial charge < -0.3 is 15.1 Å². The molecule has 0 aliphatic rings. The molecule has 0 saturated carbocycles. The van der Waals surface area contributed by atoms with Crippen LogP contribution < -0.4 is 4.90 Å². The van der Waals surface area contributed by atoms with E-state index in [4.69, 9.17) is 21.8 Å². The van der Waals surface area contributed by atoms with Crippen LogP contribution in [0, 0.1) is 0 Å². The summed E-state index contributed by atoms with van der Waals surface area (Å²) >= 11 is 5.77. The van der Waals surface area contributed by atoms with Crippen molar-refractivity contribution in [3.05, 3.63) is 22.8 Å². The number of hydrogen-bond acceptors (Lipinski definition) is 4. The van der Waals surface area contributed by atoms with Gasteiger partial charge in [-0.25, -0.2) is 9.78 Å². The van der Waals surface area contributed by atoms with E-state index < -0.39 is 5.97 Å². The molecule has 0 spiro atoms. The molecule has 94 valence electrons. The van der Waals surface area contributed by atoms with Crippen LogP contribution in [0.25, 0.3) is 0 Å². The molecule has 0 bridgehead atoms.